The summed E-state index contributed by atoms with van der Waals surface area (Å²) < 4.78 is 31.7. The van der Waals surface area contributed by atoms with Gasteiger partial charge in [-0.1, -0.05) is 18.2 Å². The van der Waals surface area contributed by atoms with Gasteiger partial charge in [0.2, 0.25) is 15.9 Å². The van der Waals surface area contributed by atoms with E-state index in [4.69, 9.17) is 4.42 Å². The van der Waals surface area contributed by atoms with E-state index in [1.807, 2.05) is 20.8 Å². The van der Waals surface area contributed by atoms with Gasteiger partial charge in [-0.05, 0) is 32.4 Å². The fraction of sp³-hybridized carbons (Fsp3) is 0.444. The summed E-state index contributed by atoms with van der Waals surface area (Å²) in [6, 6.07) is 6.88. The number of nitrogens with one attached hydrogen (secondary N) is 2. The van der Waals surface area contributed by atoms with Crippen molar-refractivity contribution in [3.8, 4) is 0 Å². The largest absolute Gasteiger partial charge is 0.444 e. The van der Waals surface area contributed by atoms with Crippen LogP contribution in [0.25, 0.3) is 0 Å². The quantitative estimate of drug-likeness (QED) is 0.550. The molecule has 2 rings (SSSR count). The maximum absolute atomic E-state index is 12.5. The van der Waals surface area contributed by atoms with Gasteiger partial charge in [0, 0.05) is 20.6 Å². The lowest BCUT2D eigenvalue weighted by molar-refractivity contribution is 0.463. The van der Waals surface area contributed by atoms with Crippen molar-refractivity contribution < 1.29 is 12.8 Å². The lowest BCUT2D eigenvalue weighted by atomic mass is 10.2. The Labute approximate surface area is 160 Å². The van der Waals surface area contributed by atoms with Gasteiger partial charge in [-0.2, -0.15) is 0 Å². The molecule has 0 aliphatic heterocycles. The molecule has 148 valence electrons. The molecule has 0 bridgehead atoms. The second kappa shape index (κ2) is 9.01. The second-order valence-corrected chi connectivity index (χ2v) is 8.31. The summed E-state index contributed by atoms with van der Waals surface area (Å²) in [5.41, 5.74) is 1.49. The zero-order valence-electron chi connectivity index (χ0n) is 16.4. The van der Waals surface area contributed by atoms with Crippen LogP contribution in [-0.4, -0.2) is 44.3 Å². The van der Waals surface area contributed by atoms with Crippen molar-refractivity contribution in [1.82, 2.24) is 19.9 Å². The summed E-state index contributed by atoms with van der Waals surface area (Å²) in [6.07, 6.45) is 0. The molecule has 0 radical (unpaired) electrons. The zero-order valence-corrected chi connectivity index (χ0v) is 17.2. The molecule has 0 atom stereocenters. The highest BCUT2D eigenvalue weighted by atomic mass is 32.2. The van der Waals surface area contributed by atoms with Crippen LogP contribution in [0, 0.1) is 13.8 Å². The Hall–Kier alpha value is -2.39. The molecular weight excluding hydrogens is 366 g/mol. The minimum absolute atomic E-state index is 0.224. The summed E-state index contributed by atoms with van der Waals surface area (Å²) in [7, 11) is -0.496. The van der Waals surface area contributed by atoms with Gasteiger partial charge in [0.1, 0.15) is 5.76 Å². The molecule has 0 saturated heterocycles. The van der Waals surface area contributed by atoms with E-state index in [1.54, 1.807) is 24.3 Å². The van der Waals surface area contributed by atoms with Crippen LogP contribution >= 0.6 is 0 Å². The van der Waals surface area contributed by atoms with Gasteiger partial charge >= 0.3 is 0 Å². The average molecular weight is 394 g/mol. The van der Waals surface area contributed by atoms with Crippen LogP contribution in [0.4, 0.5) is 0 Å². The monoisotopic (exact) mass is 393 g/mol. The smallest absolute Gasteiger partial charge is 0.242 e. The number of benzene rings is 1. The highest BCUT2D eigenvalue weighted by Crippen LogP contribution is 2.19. The first-order valence-electron chi connectivity index (χ1n) is 8.71. The molecule has 0 unspecified atom stereocenters. The van der Waals surface area contributed by atoms with E-state index in [0.29, 0.717) is 30.5 Å². The van der Waals surface area contributed by atoms with Crippen LogP contribution in [0.3, 0.4) is 0 Å². The molecule has 0 spiro atoms. The maximum Gasteiger partial charge on any atom is 0.242 e. The first-order valence-corrected chi connectivity index (χ1v) is 10.1. The van der Waals surface area contributed by atoms with Crippen LogP contribution in [-0.2, 0) is 23.1 Å². The Morgan fingerprint density at radius 2 is 1.93 bits per heavy atom. The van der Waals surface area contributed by atoms with Crippen LogP contribution in [0.2, 0.25) is 0 Å². The SMILES string of the molecule is CCNC(=NCc1ccccc1S(=O)(=O)N(C)C)NCc1nc(C)c(C)o1. The zero-order chi connectivity index (χ0) is 20.0. The van der Waals surface area contributed by atoms with Crippen molar-refractivity contribution in [3.05, 3.63) is 47.2 Å². The Bertz CT molecular complexity index is 884. The number of hydrogen-bond donors (Lipinski definition) is 2. The van der Waals surface area contributed by atoms with E-state index in [9.17, 15) is 8.42 Å². The number of aromatic nitrogens is 1. The normalized spacial score (nSPS) is 12.4. The van der Waals surface area contributed by atoms with Crippen molar-refractivity contribution in [2.45, 2.75) is 38.8 Å². The van der Waals surface area contributed by atoms with Crippen LogP contribution in [0.15, 0.2) is 38.6 Å². The predicted molar refractivity (Wildman–Crippen MR) is 105 cm³/mol. The summed E-state index contributed by atoms with van der Waals surface area (Å²) >= 11 is 0. The highest BCUT2D eigenvalue weighted by Gasteiger charge is 2.20. The van der Waals surface area contributed by atoms with Crippen molar-refractivity contribution in [2.75, 3.05) is 20.6 Å². The number of sulfonamides is 1. The first-order chi connectivity index (χ1) is 12.8. The summed E-state index contributed by atoms with van der Waals surface area (Å²) in [5, 5.41) is 6.29. The molecule has 0 saturated carbocycles. The number of hydrogen-bond acceptors (Lipinski definition) is 5. The molecule has 1 heterocycles. The van der Waals surface area contributed by atoms with Gasteiger partial charge in [-0.25, -0.2) is 22.7 Å². The van der Waals surface area contributed by atoms with E-state index in [1.165, 1.54) is 18.4 Å². The third-order valence-corrected chi connectivity index (χ3v) is 5.88. The molecule has 27 heavy (non-hydrogen) atoms. The third kappa shape index (κ3) is 5.30. The van der Waals surface area contributed by atoms with Gasteiger partial charge in [-0.3, -0.25) is 0 Å². The standard InChI is InChI=1S/C18H27N5O3S/c1-6-19-18(21-12-17-22-13(2)14(3)26-17)20-11-15-9-7-8-10-16(15)27(24,25)23(4)5/h7-10H,6,11-12H2,1-5H3,(H2,19,20,21). The van der Waals surface area contributed by atoms with Crippen molar-refractivity contribution in [2.24, 2.45) is 4.99 Å². The maximum atomic E-state index is 12.5. The van der Waals surface area contributed by atoms with Gasteiger partial charge in [0.25, 0.3) is 0 Å². The van der Waals surface area contributed by atoms with E-state index in [-0.39, 0.29) is 11.4 Å². The van der Waals surface area contributed by atoms with Gasteiger partial charge < -0.3 is 15.1 Å². The van der Waals surface area contributed by atoms with Crippen LogP contribution in [0.5, 0.6) is 0 Å². The highest BCUT2D eigenvalue weighted by molar-refractivity contribution is 7.89. The fourth-order valence-electron chi connectivity index (χ4n) is 2.36. The molecule has 0 amide bonds. The lowest BCUT2D eigenvalue weighted by Crippen LogP contribution is -2.37. The van der Waals surface area contributed by atoms with Gasteiger partial charge in [0.15, 0.2) is 5.96 Å². The molecule has 8 nitrogen and oxygen atoms in total. The Kier molecular flexibility index (Phi) is 6.98. The van der Waals surface area contributed by atoms with E-state index >= 15 is 0 Å². The van der Waals surface area contributed by atoms with Crippen molar-refractivity contribution in [1.29, 1.82) is 0 Å². The predicted octanol–water partition coefficient (Wildman–Crippen LogP) is 1.80. The third-order valence-electron chi connectivity index (χ3n) is 3.96. The number of rotatable bonds is 7. The Morgan fingerprint density at radius 1 is 1.22 bits per heavy atom. The fourth-order valence-corrected chi connectivity index (χ4v) is 3.47. The molecule has 0 fully saturated rings. The van der Waals surface area contributed by atoms with E-state index in [2.05, 4.69) is 20.6 Å². The summed E-state index contributed by atoms with van der Waals surface area (Å²) in [5.74, 6) is 1.92. The number of nitrogens with zero attached hydrogens (tertiary/aromatic N) is 3. The van der Waals surface area contributed by atoms with Gasteiger partial charge in [0.05, 0.1) is 23.7 Å². The number of aryl methyl sites for hydroxylation is 2. The molecule has 0 aliphatic carbocycles. The number of guanidine groups is 1. The topological polar surface area (TPSA) is 99.8 Å². The Morgan fingerprint density at radius 3 is 2.52 bits per heavy atom. The second-order valence-electron chi connectivity index (χ2n) is 6.19. The Balaban J connectivity index is 2.17. The first kappa shape index (κ1) is 20.9. The van der Waals surface area contributed by atoms with E-state index in [0.717, 1.165) is 11.5 Å². The molecular formula is C18H27N5O3S. The molecule has 1 aromatic carbocycles. The summed E-state index contributed by atoms with van der Waals surface area (Å²) in [6.45, 7) is 7.01. The average Bonchev–Trinajstić information content (AvgIpc) is 2.95. The molecule has 2 aromatic rings. The van der Waals surface area contributed by atoms with Crippen molar-refractivity contribution >= 4 is 16.0 Å². The van der Waals surface area contributed by atoms with Crippen LogP contribution < -0.4 is 10.6 Å². The lowest BCUT2D eigenvalue weighted by Gasteiger charge is -2.15. The van der Waals surface area contributed by atoms with Crippen molar-refractivity contribution in [3.63, 3.8) is 0 Å². The molecule has 0 aliphatic rings. The molecule has 1 aromatic heterocycles. The van der Waals surface area contributed by atoms with Crippen LogP contribution in [0.1, 0.15) is 29.8 Å². The summed E-state index contributed by atoms with van der Waals surface area (Å²) in [4.78, 5) is 9.09. The van der Waals surface area contributed by atoms with E-state index < -0.39 is 10.0 Å². The number of oxazole rings is 1. The minimum atomic E-state index is -3.53. The molecule has 9 heteroatoms. The number of aliphatic imine (C=N–C) groups is 1. The minimum Gasteiger partial charge on any atom is -0.444 e. The van der Waals surface area contributed by atoms with Gasteiger partial charge in [-0.15, -0.1) is 0 Å². The molecule has 2 N–H and O–H groups in total.